The van der Waals surface area contributed by atoms with Gasteiger partial charge in [-0.3, -0.25) is 4.79 Å². The third kappa shape index (κ3) is 2.55. The van der Waals surface area contributed by atoms with Crippen LogP contribution in [0.25, 0.3) is 0 Å². The van der Waals surface area contributed by atoms with E-state index < -0.39 is 0 Å². The molecular weight excluding hydrogens is 234 g/mol. The Labute approximate surface area is 85.4 Å². The number of amides is 1. The van der Waals surface area contributed by atoms with Gasteiger partial charge in [-0.05, 0) is 13.8 Å². The van der Waals surface area contributed by atoms with Gasteiger partial charge in [-0.25, -0.2) is 4.68 Å². The van der Waals surface area contributed by atoms with Crippen LogP contribution in [0.15, 0.2) is 12.3 Å². The first kappa shape index (κ1) is 10.2. The Kier molecular flexibility index (Phi) is 3.48. The fourth-order valence-corrected chi connectivity index (χ4v) is 1.03. The Bertz CT molecular complexity index is 295. The molecule has 1 atom stereocenters. The van der Waals surface area contributed by atoms with Crippen LogP contribution in [0.3, 0.4) is 0 Å². The Morgan fingerprint density at radius 3 is 3.08 bits per heavy atom. The smallest absolute Gasteiger partial charge is 0.239 e. The summed E-state index contributed by atoms with van der Waals surface area (Å²) in [5, 5.41) is 6.79. The second-order valence-corrected chi connectivity index (χ2v) is 4.01. The van der Waals surface area contributed by atoms with E-state index in [-0.39, 0.29) is 10.7 Å². The summed E-state index contributed by atoms with van der Waals surface area (Å²) in [6, 6.07) is 1.77. The number of hydrogen-bond acceptors (Lipinski definition) is 2. The monoisotopic (exact) mass is 245 g/mol. The third-order valence-electron chi connectivity index (χ3n) is 1.63. The van der Waals surface area contributed by atoms with Crippen molar-refractivity contribution in [2.45, 2.75) is 25.2 Å². The quantitative estimate of drug-likeness (QED) is 0.824. The van der Waals surface area contributed by atoms with Gasteiger partial charge < -0.3 is 5.32 Å². The molecule has 1 heterocycles. The molecule has 0 saturated carbocycles. The number of carbonyl (C=O) groups is 1. The molecule has 0 aromatic carbocycles. The normalized spacial score (nSPS) is 12.5. The summed E-state index contributed by atoms with van der Waals surface area (Å²) in [4.78, 5) is 11.1. The lowest BCUT2D eigenvalue weighted by atomic mass is 10.4. The summed E-state index contributed by atoms with van der Waals surface area (Å²) in [7, 11) is 0. The molecule has 0 spiro atoms. The molecule has 1 aromatic heterocycles. The van der Waals surface area contributed by atoms with Crippen LogP contribution < -0.4 is 5.32 Å². The van der Waals surface area contributed by atoms with Gasteiger partial charge in [0.1, 0.15) is 5.82 Å². The Balaban J connectivity index is 2.68. The SMILES string of the molecule is CCn1nccc1NC(=O)C(C)Br. The largest absolute Gasteiger partial charge is 0.310 e. The van der Waals surface area contributed by atoms with Gasteiger partial charge in [-0.15, -0.1) is 0 Å². The average Bonchev–Trinajstić information content (AvgIpc) is 2.51. The number of alkyl halides is 1. The number of carbonyl (C=O) groups excluding carboxylic acids is 1. The number of nitrogens with zero attached hydrogens (tertiary/aromatic N) is 2. The molecule has 1 aromatic rings. The standard InChI is InChI=1S/C8H12BrN3O/c1-3-12-7(4-5-10-12)11-8(13)6(2)9/h4-6H,3H2,1-2H3,(H,11,13). The van der Waals surface area contributed by atoms with Crippen molar-refractivity contribution in [1.82, 2.24) is 9.78 Å². The number of hydrogen-bond donors (Lipinski definition) is 1. The van der Waals surface area contributed by atoms with Crippen LogP contribution in [0.4, 0.5) is 5.82 Å². The lowest BCUT2D eigenvalue weighted by molar-refractivity contribution is -0.115. The fourth-order valence-electron chi connectivity index (χ4n) is 0.917. The van der Waals surface area contributed by atoms with E-state index in [4.69, 9.17) is 0 Å². The summed E-state index contributed by atoms with van der Waals surface area (Å²) < 4.78 is 1.73. The second kappa shape index (κ2) is 4.41. The van der Waals surface area contributed by atoms with E-state index in [1.807, 2.05) is 6.92 Å². The maximum absolute atomic E-state index is 11.3. The first-order valence-electron chi connectivity index (χ1n) is 4.12. The zero-order valence-electron chi connectivity index (χ0n) is 7.62. The summed E-state index contributed by atoms with van der Waals surface area (Å²) in [5.74, 6) is 0.675. The van der Waals surface area contributed by atoms with E-state index in [2.05, 4.69) is 26.3 Å². The molecule has 0 radical (unpaired) electrons. The van der Waals surface area contributed by atoms with Crippen molar-refractivity contribution in [3.8, 4) is 0 Å². The lowest BCUT2D eigenvalue weighted by Gasteiger charge is -2.07. The van der Waals surface area contributed by atoms with Gasteiger partial charge in [0.15, 0.2) is 0 Å². The van der Waals surface area contributed by atoms with Gasteiger partial charge in [-0.2, -0.15) is 5.10 Å². The van der Waals surface area contributed by atoms with Crippen molar-refractivity contribution < 1.29 is 4.79 Å². The van der Waals surface area contributed by atoms with Crippen LogP contribution in [-0.4, -0.2) is 20.5 Å². The molecule has 0 aliphatic heterocycles. The minimum atomic E-state index is -0.187. The minimum absolute atomic E-state index is 0.0600. The van der Waals surface area contributed by atoms with E-state index in [1.165, 1.54) is 0 Å². The van der Waals surface area contributed by atoms with Crippen molar-refractivity contribution in [1.29, 1.82) is 0 Å². The number of aromatic nitrogens is 2. The molecule has 5 heteroatoms. The van der Waals surface area contributed by atoms with Gasteiger partial charge in [0.2, 0.25) is 5.91 Å². The van der Waals surface area contributed by atoms with Crippen LogP contribution in [0.1, 0.15) is 13.8 Å². The van der Waals surface area contributed by atoms with Crippen molar-refractivity contribution in [3.05, 3.63) is 12.3 Å². The summed E-state index contributed by atoms with van der Waals surface area (Å²) in [5.41, 5.74) is 0. The topological polar surface area (TPSA) is 46.9 Å². The van der Waals surface area contributed by atoms with E-state index in [0.29, 0.717) is 0 Å². The highest BCUT2D eigenvalue weighted by molar-refractivity contribution is 9.10. The molecule has 0 saturated heterocycles. The van der Waals surface area contributed by atoms with Gasteiger partial charge in [0, 0.05) is 12.6 Å². The summed E-state index contributed by atoms with van der Waals surface area (Å²) in [6.45, 7) is 4.50. The van der Waals surface area contributed by atoms with Crippen LogP contribution in [0.5, 0.6) is 0 Å². The highest BCUT2D eigenvalue weighted by atomic mass is 79.9. The number of halogens is 1. The Morgan fingerprint density at radius 2 is 2.54 bits per heavy atom. The van der Waals surface area contributed by atoms with Crippen LogP contribution >= 0.6 is 15.9 Å². The molecule has 4 nitrogen and oxygen atoms in total. The Hall–Kier alpha value is -0.840. The highest BCUT2D eigenvalue weighted by Crippen LogP contribution is 2.08. The predicted octanol–water partition coefficient (Wildman–Crippen LogP) is 1.62. The molecule has 0 fully saturated rings. The Morgan fingerprint density at radius 1 is 1.85 bits per heavy atom. The molecule has 0 bridgehead atoms. The zero-order valence-corrected chi connectivity index (χ0v) is 9.21. The van der Waals surface area contributed by atoms with E-state index >= 15 is 0 Å². The minimum Gasteiger partial charge on any atom is -0.310 e. The maximum atomic E-state index is 11.3. The molecule has 1 rings (SSSR count). The van der Waals surface area contributed by atoms with E-state index in [0.717, 1.165) is 12.4 Å². The number of nitrogens with one attached hydrogen (secondary N) is 1. The van der Waals surface area contributed by atoms with Gasteiger partial charge in [0.05, 0.1) is 11.0 Å². The molecule has 0 aliphatic rings. The molecule has 1 unspecified atom stereocenters. The first-order chi connectivity index (χ1) is 6.15. The fraction of sp³-hybridized carbons (Fsp3) is 0.500. The van der Waals surface area contributed by atoms with Crippen LogP contribution in [-0.2, 0) is 11.3 Å². The van der Waals surface area contributed by atoms with Crippen molar-refractivity contribution in [2.24, 2.45) is 0 Å². The second-order valence-electron chi connectivity index (χ2n) is 2.64. The number of aryl methyl sites for hydroxylation is 1. The van der Waals surface area contributed by atoms with Crippen LogP contribution in [0, 0.1) is 0 Å². The van der Waals surface area contributed by atoms with E-state index in [9.17, 15) is 4.79 Å². The molecular formula is C8H12BrN3O. The van der Waals surface area contributed by atoms with Crippen molar-refractivity contribution >= 4 is 27.7 Å². The molecule has 0 aliphatic carbocycles. The average molecular weight is 246 g/mol. The lowest BCUT2D eigenvalue weighted by Crippen LogP contribution is -2.21. The summed E-state index contributed by atoms with van der Waals surface area (Å²) in [6.07, 6.45) is 1.66. The van der Waals surface area contributed by atoms with Gasteiger partial charge >= 0.3 is 0 Å². The molecule has 1 amide bonds. The van der Waals surface area contributed by atoms with Crippen LogP contribution in [0.2, 0.25) is 0 Å². The third-order valence-corrected chi connectivity index (χ3v) is 2.04. The number of anilines is 1. The van der Waals surface area contributed by atoms with Crippen molar-refractivity contribution in [2.75, 3.05) is 5.32 Å². The number of rotatable bonds is 3. The zero-order chi connectivity index (χ0) is 9.84. The van der Waals surface area contributed by atoms with Crippen molar-refractivity contribution in [3.63, 3.8) is 0 Å². The maximum Gasteiger partial charge on any atom is 0.239 e. The van der Waals surface area contributed by atoms with Gasteiger partial charge in [-0.1, -0.05) is 15.9 Å². The molecule has 13 heavy (non-hydrogen) atoms. The molecule has 72 valence electrons. The van der Waals surface area contributed by atoms with E-state index in [1.54, 1.807) is 23.9 Å². The molecule has 1 N–H and O–H groups in total. The van der Waals surface area contributed by atoms with Gasteiger partial charge in [0.25, 0.3) is 0 Å². The predicted molar refractivity (Wildman–Crippen MR) is 54.9 cm³/mol. The first-order valence-corrected chi connectivity index (χ1v) is 5.03. The summed E-state index contributed by atoms with van der Waals surface area (Å²) >= 11 is 3.19. The highest BCUT2D eigenvalue weighted by Gasteiger charge is 2.10.